The van der Waals surface area contributed by atoms with E-state index in [4.69, 9.17) is 4.74 Å². The van der Waals surface area contributed by atoms with E-state index < -0.39 is 12.1 Å². The first kappa shape index (κ1) is 14.1. The van der Waals surface area contributed by atoms with Crippen LogP contribution in [0.2, 0.25) is 0 Å². The molecule has 1 aliphatic carbocycles. The van der Waals surface area contributed by atoms with Crippen molar-refractivity contribution in [1.29, 1.82) is 0 Å². The minimum absolute atomic E-state index is 0.283. The highest BCUT2D eigenvalue weighted by Crippen LogP contribution is 2.37. The lowest BCUT2D eigenvalue weighted by molar-refractivity contribution is -0.182. The fourth-order valence-corrected chi connectivity index (χ4v) is 2.93. The lowest BCUT2D eigenvalue weighted by atomic mass is 9.85. The largest absolute Gasteiger partial charge is 0.391 e. The quantitative estimate of drug-likeness (QED) is 0.843. The fraction of sp³-hybridized carbons (Fsp3) is 1.00. The highest BCUT2D eigenvalue weighted by atomic mass is 19.4. The first-order valence-electron chi connectivity index (χ1n) is 6.93. The van der Waals surface area contributed by atoms with Gasteiger partial charge in [0.1, 0.15) is 0 Å². The first-order chi connectivity index (χ1) is 8.55. The van der Waals surface area contributed by atoms with Crippen molar-refractivity contribution < 1.29 is 17.9 Å². The van der Waals surface area contributed by atoms with Crippen molar-refractivity contribution in [2.24, 2.45) is 11.8 Å². The zero-order valence-electron chi connectivity index (χ0n) is 10.6. The molecule has 1 atom stereocenters. The topological polar surface area (TPSA) is 21.3 Å². The molecule has 0 aromatic carbocycles. The molecule has 2 aliphatic rings. The summed E-state index contributed by atoms with van der Waals surface area (Å²) in [4.78, 5) is 0. The minimum atomic E-state index is -3.99. The average Bonchev–Trinajstić information content (AvgIpc) is 2.82. The van der Waals surface area contributed by atoms with Gasteiger partial charge >= 0.3 is 6.18 Å². The molecule has 1 aliphatic heterocycles. The summed E-state index contributed by atoms with van der Waals surface area (Å²) in [6.07, 6.45) is 0.103. The summed E-state index contributed by atoms with van der Waals surface area (Å²) >= 11 is 0. The normalized spacial score (nSPS) is 33.8. The summed E-state index contributed by atoms with van der Waals surface area (Å²) in [6.45, 7) is 2.62. The molecule has 0 radical (unpaired) electrons. The molecular formula is C13H22F3NO. The minimum Gasteiger partial charge on any atom is -0.381 e. The molecule has 106 valence electrons. The molecule has 2 fully saturated rings. The van der Waals surface area contributed by atoms with Crippen molar-refractivity contribution in [2.45, 2.75) is 50.7 Å². The van der Waals surface area contributed by atoms with Crippen LogP contribution in [0.25, 0.3) is 0 Å². The molecule has 0 bridgehead atoms. The van der Waals surface area contributed by atoms with E-state index in [9.17, 15) is 13.2 Å². The van der Waals surface area contributed by atoms with Gasteiger partial charge in [-0.15, -0.1) is 0 Å². The van der Waals surface area contributed by atoms with E-state index in [1.54, 1.807) is 0 Å². The van der Waals surface area contributed by atoms with Gasteiger partial charge in [-0.25, -0.2) is 0 Å². The molecule has 1 saturated carbocycles. The molecule has 0 spiro atoms. The van der Waals surface area contributed by atoms with E-state index >= 15 is 0 Å². The van der Waals surface area contributed by atoms with E-state index in [1.807, 2.05) is 0 Å². The Hall–Kier alpha value is -0.290. The number of nitrogens with one attached hydrogen (secondary N) is 1. The summed E-state index contributed by atoms with van der Waals surface area (Å²) in [5, 5.41) is 3.40. The van der Waals surface area contributed by atoms with Crippen LogP contribution >= 0.6 is 0 Å². The predicted molar refractivity (Wildman–Crippen MR) is 63.3 cm³/mol. The van der Waals surface area contributed by atoms with E-state index in [0.717, 1.165) is 32.6 Å². The standard InChI is InChI=1S/C13H22F3NO/c14-13(15,16)11-1-3-12(4-2-11)17-7-5-10-6-8-18-9-10/h10-12,17H,1-9H2. The van der Waals surface area contributed by atoms with Gasteiger partial charge in [0.05, 0.1) is 5.92 Å². The second kappa shape index (κ2) is 6.24. The first-order valence-corrected chi connectivity index (χ1v) is 6.93. The molecule has 1 unspecified atom stereocenters. The van der Waals surface area contributed by atoms with Crippen LogP contribution in [0.1, 0.15) is 38.5 Å². The van der Waals surface area contributed by atoms with Gasteiger partial charge in [-0.1, -0.05) is 0 Å². The summed E-state index contributed by atoms with van der Waals surface area (Å²) in [5.41, 5.74) is 0. The SMILES string of the molecule is FC(F)(F)C1CCC(NCCC2CCOC2)CC1. The molecule has 0 amide bonds. The van der Waals surface area contributed by atoms with Crippen LogP contribution in [0, 0.1) is 11.8 Å². The number of rotatable bonds is 4. The maximum atomic E-state index is 12.5. The lowest BCUT2D eigenvalue weighted by Gasteiger charge is -2.30. The van der Waals surface area contributed by atoms with Crippen LogP contribution in [0.3, 0.4) is 0 Å². The smallest absolute Gasteiger partial charge is 0.381 e. The Bertz CT molecular complexity index is 243. The van der Waals surface area contributed by atoms with Gasteiger partial charge in [0, 0.05) is 19.3 Å². The monoisotopic (exact) mass is 265 g/mol. The third-order valence-electron chi connectivity index (χ3n) is 4.20. The van der Waals surface area contributed by atoms with Crippen molar-refractivity contribution in [3.05, 3.63) is 0 Å². The van der Waals surface area contributed by atoms with Crippen LogP contribution in [0.5, 0.6) is 0 Å². The molecule has 2 nitrogen and oxygen atoms in total. The van der Waals surface area contributed by atoms with E-state index in [2.05, 4.69) is 5.32 Å². The third kappa shape index (κ3) is 4.12. The molecule has 0 aromatic rings. The van der Waals surface area contributed by atoms with Gasteiger partial charge in [0.25, 0.3) is 0 Å². The van der Waals surface area contributed by atoms with E-state index in [0.29, 0.717) is 18.8 Å². The number of alkyl halides is 3. The highest BCUT2D eigenvalue weighted by molar-refractivity contribution is 4.81. The maximum Gasteiger partial charge on any atom is 0.391 e. The van der Waals surface area contributed by atoms with Gasteiger partial charge in [0.2, 0.25) is 0 Å². The second-order valence-corrected chi connectivity index (χ2v) is 5.56. The van der Waals surface area contributed by atoms with Gasteiger partial charge in [-0.3, -0.25) is 0 Å². The Morgan fingerprint density at radius 3 is 2.33 bits per heavy atom. The molecule has 5 heteroatoms. The lowest BCUT2D eigenvalue weighted by Crippen LogP contribution is -2.37. The highest BCUT2D eigenvalue weighted by Gasteiger charge is 2.41. The van der Waals surface area contributed by atoms with Crippen molar-refractivity contribution in [3.63, 3.8) is 0 Å². The molecule has 1 heterocycles. The summed E-state index contributed by atoms with van der Waals surface area (Å²) in [5.74, 6) is -0.428. The molecule has 1 N–H and O–H groups in total. The van der Waals surface area contributed by atoms with Crippen molar-refractivity contribution >= 4 is 0 Å². The number of halogens is 3. The van der Waals surface area contributed by atoms with Crippen LogP contribution in [0.4, 0.5) is 13.2 Å². The summed E-state index contributed by atoms with van der Waals surface area (Å²) in [6, 6.07) is 0.283. The Morgan fingerprint density at radius 2 is 1.78 bits per heavy atom. The van der Waals surface area contributed by atoms with Crippen molar-refractivity contribution in [2.75, 3.05) is 19.8 Å². The van der Waals surface area contributed by atoms with Crippen LogP contribution in [-0.4, -0.2) is 32.0 Å². The Labute approximate surface area is 106 Å². The fourth-order valence-electron chi connectivity index (χ4n) is 2.93. The van der Waals surface area contributed by atoms with Gasteiger partial charge in [-0.05, 0) is 51.0 Å². The predicted octanol–water partition coefficient (Wildman–Crippen LogP) is 3.12. The summed E-state index contributed by atoms with van der Waals surface area (Å²) in [7, 11) is 0. The zero-order valence-corrected chi connectivity index (χ0v) is 10.6. The second-order valence-electron chi connectivity index (χ2n) is 5.56. The van der Waals surface area contributed by atoms with E-state index in [1.165, 1.54) is 0 Å². The molecule has 2 rings (SSSR count). The Kier molecular flexibility index (Phi) is 4.90. The van der Waals surface area contributed by atoms with Crippen molar-refractivity contribution in [3.8, 4) is 0 Å². The summed E-state index contributed by atoms with van der Waals surface area (Å²) < 4.78 is 42.8. The average molecular weight is 265 g/mol. The van der Waals surface area contributed by atoms with E-state index in [-0.39, 0.29) is 18.9 Å². The zero-order chi connectivity index (χ0) is 13.0. The van der Waals surface area contributed by atoms with Crippen LogP contribution < -0.4 is 5.32 Å². The Balaban J connectivity index is 1.58. The van der Waals surface area contributed by atoms with Crippen LogP contribution in [0.15, 0.2) is 0 Å². The maximum absolute atomic E-state index is 12.5. The van der Waals surface area contributed by atoms with Crippen molar-refractivity contribution in [1.82, 2.24) is 5.32 Å². The number of hydrogen-bond donors (Lipinski definition) is 1. The van der Waals surface area contributed by atoms with Gasteiger partial charge in [0.15, 0.2) is 0 Å². The Morgan fingerprint density at radius 1 is 1.06 bits per heavy atom. The van der Waals surface area contributed by atoms with Gasteiger partial charge < -0.3 is 10.1 Å². The van der Waals surface area contributed by atoms with Crippen LogP contribution in [-0.2, 0) is 4.74 Å². The number of hydrogen-bond acceptors (Lipinski definition) is 2. The molecular weight excluding hydrogens is 243 g/mol. The number of ether oxygens (including phenoxy) is 1. The molecule has 0 aromatic heterocycles. The third-order valence-corrected chi connectivity index (χ3v) is 4.20. The molecule has 18 heavy (non-hydrogen) atoms. The molecule has 1 saturated heterocycles. The van der Waals surface area contributed by atoms with Gasteiger partial charge in [-0.2, -0.15) is 13.2 Å².